The lowest BCUT2D eigenvalue weighted by Crippen LogP contribution is -2.56. The number of hydrogen-bond acceptors (Lipinski definition) is 4. The normalized spacial score (nSPS) is 22.5. The highest BCUT2D eigenvalue weighted by molar-refractivity contribution is 7.92. The van der Waals surface area contributed by atoms with Crippen LogP contribution in [0.2, 0.25) is 0 Å². The molecule has 1 aliphatic heterocycles. The molecule has 1 amide bonds. The van der Waals surface area contributed by atoms with Gasteiger partial charge in [0.25, 0.3) is 0 Å². The van der Waals surface area contributed by atoms with Crippen molar-refractivity contribution in [1.82, 2.24) is 10.2 Å². The summed E-state index contributed by atoms with van der Waals surface area (Å²) in [5, 5.41) is 2.98. The van der Waals surface area contributed by atoms with Gasteiger partial charge in [-0.1, -0.05) is 0 Å². The van der Waals surface area contributed by atoms with E-state index in [2.05, 4.69) is 5.32 Å². The zero-order valence-electron chi connectivity index (χ0n) is 8.65. The number of likely N-dealkylation sites (N-methyl/N-ethyl adjacent to an activating group) is 1. The second-order valence-electron chi connectivity index (χ2n) is 3.89. The lowest BCUT2D eigenvalue weighted by atomic mass is 10.2. The second kappa shape index (κ2) is 3.86. The Balaban J connectivity index is 2.36. The fourth-order valence-corrected chi connectivity index (χ4v) is 2.79. The van der Waals surface area contributed by atoms with Gasteiger partial charge in [0.2, 0.25) is 5.91 Å². The zero-order valence-corrected chi connectivity index (χ0v) is 9.47. The van der Waals surface area contributed by atoms with Crippen molar-refractivity contribution in [2.45, 2.75) is 19.0 Å². The van der Waals surface area contributed by atoms with E-state index in [1.54, 1.807) is 21.0 Å². The summed E-state index contributed by atoms with van der Waals surface area (Å²) in [5.41, 5.74) is 0. The maximum Gasteiger partial charge on any atom is 0.238 e. The van der Waals surface area contributed by atoms with Gasteiger partial charge in [-0.05, 0) is 6.92 Å². The highest BCUT2D eigenvalue weighted by atomic mass is 32.2. The standard InChI is InChI=1S/C8H16N2O3S/c1-6(8(11)10(2)3)9-7-4-14(12,13)5-7/h6-7,9H,4-5H2,1-3H3/t6-/m1/s1. The van der Waals surface area contributed by atoms with Crippen molar-refractivity contribution in [1.29, 1.82) is 0 Å². The van der Waals surface area contributed by atoms with E-state index < -0.39 is 9.84 Å². The Labute approximate surface area is 84.4 Å². The van der Waals surface area contributed by atoms with E-state index in [1.807, 2.05) is 0 Å². The number of hydrogen-bond donors (Lipinski definition) is 1. The quantitative estimate of drug-likeness (QED) is 0.652. The average Bonchev–Trinajstić information content (AvgIpc) is 1.99. The number of nitrogens with zero attached hydrogens (tertiary/aromatic N) is 1. The molecule has 5 nitrogen and oxygen atoms in total. The molecule has 0 unspecified atom stereocenters. The molecule has 0 spiro atoms. The van der Waals surface area contributed by atoms with Gasteiger partial charge in [-0.2, -0.15) is 0 Å². The fourth-order valence-electron chi connectivity index (χ4n) is 1.47. The van der Waals surface area contributed by atoms with Gasteiger partial charge in [0.05, 0.1) is 17.5 Å². The van der Waals surface area contributed by atoms with Crippen LogP contribution in [0.1, 0.15) is 6.92 Å². The second-order valence-corrected chi connectivity index (χ2v) is 6.05. The number of rotatable bonds is 3. The number of sulfone groups is 1. The number of nitrogens with one attached hydrogen (secondary N) is 1. The SMILES string of the molecule is C[C@@H](NC1CS(=O)(=O)C1)C(=O)N(C)C. The third-order valence-electron chi connectivity index (χ3n) is 2.21. The summed E-state index contributed by atoms with van der Waals surface area (Å²) in [6, 6.07) is -0.371. The Kier molecular flexibility index (Phi) is 3.16. The van der Waals surface area contributed by atoms with Crippen molar-refractivity contribution in [2.75, 3.05) is 25.6 Å². The molecule has 0 aromatic rings. The highest BCUT2D eigenvalue weighted by Gasteiger charge is 2.34. The van der Waals surface area contributed by atoms with Crippen LogP contribution < -0.4 is 5.32 Å². The summed E-state index contributed by atoms with van der Waals surface area (Å²) in [5.74, 6) is 0.269. The first-order chi connectivity index (χ1) is 6.32. The molecular formula is C8H16N2O3S. The van der Waals surface area contributed by atoms with E-state index in [0.717, 1.165) is 0 Å². The molecule has 82 valence electrons. The average molecular weight is 220 g/mol. The Bertz CT molecular complexity index is 311. The monoisotopic (exact) mass is 220 g/mol. The van der Waals surface area contributed by atoms with Gasteiger partial charge in [0, 0.05) is 20.1 Å². The van der Waals surface area contributed by atoms with Gasteiger partial charge in [0.1, 0.15) is 0 Å². The van der Waals surface area contributed by atoms with E-state index in [4.69, 9.17) is 0 Å². The van der Waals surface area contributed by atoms with Gasteiger partial charge >= 0.3 is 0 Å². The van der Waals surface area contributed by atoms with E-state index >= 15 is 0 Å². The van der Waals surface area contributed by atoms with E-state index in [-0.39, 0.29) is 29.5 Å². The Morgan fingerprint density at radius 1 is 1.43 bits per heavy atom. The lowest BCUT2D eigenvalue weighted by molar-refractivity contribution is -0.130. The van der Waals surface area contributed by atoms with Crippen LogP contribution in [-0.2, 0) is 14.6 Å². The predicted octanol–water partition coefficient (Wildman–Crippen LogP) is -1.15. The molecule has 1 N–H and O–H groups in total. The van der Waals surface area contributed by atoms with Crippen LogP contribution in [0.4, 0.5) is 0 Å². The summed E-state index contributed by atoms with van der Waals surface area (Å²) >= 11 is 0. The first-order valence-electron chi connectivity index (χ1n) is 4.49. The van der Waals surface area contributed by atoms with Gasteiger partial charge < -0.3 is 10.2 Å². The van der Waals surface area contributed by atoms with Crippen molar-refractivity contribution < 1.29 is 13.2 Å². The Morgan fingerprint density at radius 3 is 2.29 bits per heavy atom. The molecule has 1 aliphatic rings. The van der Waals surface area contributed by atoms with Crippen LogP contribution in [-0.4, -0.2) is 56.9 Å². The largest absolute Gasteiger partial charge is 0.347 e. The van der Waals surface area contributed by atoms with Crippen LogP contribution in [0.15, 0.2) is 0 Å². The summed E-state index contributed by atoms with van der Waals surface area (Å²) < 4.78 is 21.7. The van der Waals surface area contributed by atoms with Crippen molar-refractivity contribution in [3.05, 3.63) is 0 Å². The van der Waals surface area contributed by atoms with Gasteiger partial charge in [-0.3, -0.25) is 4.79 Å². The Hall–Kier alpha value is -0.620. The third-order valence-corrected chi connectivity index (χ3v) is 4.03. The first-order valence-corrected chi connectivity index (χ1v) is 6.31. The van der Waals surface area contributed by atoms with Crippen molar-refractivity contribution >= 4 is 15.7 Å². The lowest BCUT2D eigenvalue weighted by Gasteiger charge is -2.30. The van der Waals surface area contributed by atoms with Gasteiger partial charge in [-0.15, -0.1) is 0 Å². The fraction of sp³-hybridized carbons (Fsp3) is 0.875. The molecule has 1 fully saturated rings. The molecule has 14 heavy (non-hydrogen) atoms. The van der Waals surface area contributed by atoms with Crippen LogP contribution in [0.5, 0.6) is 0 Å². The smallest absolute Gasteiger partial charge is 0.238 e. The molecular weight excluding hydrogens is 204 g/mol. The molecule has 0 bridgehead atoms. The van der Waals surface area contributed by atoms with Crippen molar-refractivity contribution in [2.24, 2.45) is 0 Å². The molecule has 1 atom stereocenters. The number of carbonyl (C=O) groups excluding carboxylic acids is 1. The topological polar surface area (TPSA) is 66.5 Å². The molecule has 0 radical (unpaired) electrons. The first kappa shape index (κ1) is 11.5. The van der Waals surface area contributed by atoms with Crippen LogP contribution in [0.3, 0.4) is 0 Å². The zero-order chi connectivity index (χ0) is 10.9. The van der Waals surface area contributed by atoms with Crippen molar-refractivity contribution in [3.63, 3.8) is 0 Å². The third kappa shape index (κ3) is 2.68. The van der Waals surface area contributed by atoms with Crippen molar-refractivity contribution in [3.8, 4) is 0 Å². The molecule has 1 heterocycles. The summed E-state index contributed by atoms with van der Waals surface area (Å²) in [7, 11) is 0.548. The minimum Gasteiger partial charge on any atom is -0.347 e. The molecule has 0 aromatic carbocycles. The molecule has 0 saturated carbocycles. The molecule has 1 saturated heterocycles. The maximum atomic E-state index is 11.4. The summed E-state index contributed by atoms with van der Waals surface area (Å²) in [4.78, 5) is 12.9. The molecule has 1 rings (SSSR count). The minimum atomic E-state index is -2.81. The predicted molar refractivity (Wildman–Crippen MR) is 53.7 cm³/mol. The van der Waals surface area contributed by atoms with E-state index in [1.165, 1.54) is 4.90 Å². The van der Waals surface area contributed by atoms with E-state index in [9.17, 15) is 13.2 Å². The summed E-state index contributed by atoms with van der Waals surface area (Å²) in [6.07, 6.45) is 0. The van der Waals surface area contributed by atoms with Crippen LogP contribution >= 0.6 is 0 Å². The molecule has 0 aromatic heterocycles. The van der Waals surface area contributed by atoms with Crippen LogP contribution in [0.25, 0.3) is 0 Å². The maximum absolute atomic E-state index is 11.4. The number of carbonyl (C=O) groups is 1. The van der Waals surface area contributed by atoms with Gasteiger partial charge in [-0.25, -0.2) is 8.42 Å². The van der Waals surface area contributed by atoms with E-state index in [0.29, 0.717) is 0 Å². The minimum absolute atomic E-state index is 0.0331. The Morgan fingerprint density at radius 2 is 1.93 bits per heavy atom. The molecule has 6 heteroatoms. The van der Waals surface area contributed by atoms with Gasteiger partial charge in [0.15, 0.2) is 9.84 Å². The van der Waals surface area contributed by atoms with Crippen LogP contribution in [0, 0.1) is 0 Å². The molecule has 0 aliphatic carbocycles. The number of amides is 1. The summed E-state index contributed by atoms with van der Waals surface area (Å²) in [6.45, 7) is 1.74. The highest BCUT2D eigenvalue weighted by Crippen LogP contribution is 2.11.